The Bertz CT molecular complexity index is 1300. The Morgan fingerprint density at radius 1 is 1.06 bits per heavy atom. The van der Waals surface area contributed by atoms with E-state index < -0.39 is 34.1 Å². The van der Waals surface area contributed by atoms with Crippen LogP contribution in [0.5, 0.6) is 0 Å². The van der Waals surface area contributed by atoms with E-state index in [9.17, 15) is 18.0 Å². The Kier molecular flexibility index (Phi) is 7.54. The van der Waals surface area contributed by atoms with Crippen molar-refractivity contribution in [1.82, 2.24) is 9.62 Å². The SMILES string of the molecule is Cc1ccc(S(=O)(=O)N[C@@H](CC(=O)N2C(=O)OC[C@@H]2Cc2ccccc2)c2ccc(Cl)cc2)cc1. The Balaban J connectivity index is 1.58. The molecule has 4 rings (SSSR count). The number of halogens is 1. The lowest BCUT2D eigenvalue weighted by molar-refractivity contribution is -0.129. The van der Waals surface area contributed by atoms with E-state index in [-0.39, 0.29) is 17.9 Å². The van der Waals surface area contributed by atoms with Crippen LogP contribution in [0.1, 0.15) is 29.2 Å². The molecular weight excluding hydrogens is 488 g/mol. The average Bonchev–Trinajstić information content (AvgIpc) is 3.19. The Hall–Kier alpha value is -3.20. The van der Waals surface area contributed by atoms with Gasteiger partial charge in [0.05, 0.1) is 17.0 Å². The van der Waals surface area contributed by atoms with Gasteiger partial charge < -0.3 is 4.74 Å². The number of hydrogen-bond donors (Lipinski definition) is 1. The van der Waals surface area contributed by atoms with Crippen LogP contribution in [-0.2, 0) is 26.0 Å². The van der Waals surface area contributed by atoms with Crippen LogP contribution >= 0.6 is 11.6 Å². The fraction of sp³-hybridized carbons (Fsp3) is 0.231. The zero-order chi connectivity index (χ0) is 25.0. The van der Waals surface area contributed by atoms with E-state index in [4.69, 9.17) is 16.3 Å². The minimum Gasteiger partial charge on any atom is -0.447 e. The summed E-state index contributed by atoms with van der Waals surface area (Å²) in [7, 11) is -3.95. The van der Waals surface area contributed by atoms with Gasteiger partial charge in [0.25, 0.3) is 0 Å². The lowest BCUT2D eigenvalue weighted by Crippen LogP contribution is -2.42. The summed E-state index contributed by atoms with van der Waals surface area (Å²) in [4.78, 5) is 27.0. The monoisotopic (exact) mass is 512 g/mol. The molecule has 1 aliphatic heterocycles. The van der Waals surface area contributed by atoms with Crippen LogP contribution in [0.3, 0.4) is 0 Å². The number of carbonyl (C=O) groups excluding carboxylic acids is 2. The number of carbonyl (C=O) groups is 2. The van der Waals surface area contributed by atoms with E-state index in [1.807, 2.05) is 37.3 Å². The van der Waals surface area contributed by atoms with Crippen molar-refractivity contribution in [1.29, 1.82) is 0 Å². The molecule has 2 atom stereocenters. The topological polar surface area (TPSA) is 92.8 Å². The summed E-state index contributed by atoms with van der Waals surface area (Å²) in [5.74, 6) is -0.528. The minimum absolute atomic E-state index is 0.0806. The van der Waals surface area contributed by atoms with Crippen molar-refractivity contribution in [3.05, 3.63) is 101 Å². The highest BCUT2D eigenvalue weighted by Crippen LogP contribution is 2.26. The van der Waals surface area contributed by atoms with Crippen molar-refractivity contribution in [2.24, 2.45) is 0 Å². The van der Waals surface area contributed by atoms with E-state index >= 15 is 0 Å². The molecule has 0 aliphatic carbocycles. The van der Waals surface area contributed by atoms with Crippen LogP contribution in [0, 0.1) is 6.92 Å². The summed E-state index contributed by atoms with van der Waals surface area (Å²) < 4.78 is 34.0. The van der Waals surface area contributed by atoms with Crippen LogP contribution < -0.4 is 4.72 Å². The van der Waals surface area contributed by atoms with Crippen molar-refractivity contribution in [2.45, 2.75) is 36.7 Å². The molecule has 9 heteroatoms. The number of imide groups is 1. The summed E-state index contributed by atoms with van der Waals surface area (Å²) in [5, 5.41) is 0.478. The van der Waals surface area contributed by atoms with Crippen LogP contribution in [0.2, 0.25) is 5.02 Å². The molecular formula is C26H25ClN2O5S. The maximum absolute atomic E-state index is 13.3. The Morgan fingerprint density at radius 2 is 1.71 bits per heavy atom. The fourth-order valence-corrected chi connectivity index (χ4v) is 5.32. The van der Waals surface area contributed by atoms with E-state index in [1.165, 1.54) is 12.1 Å². The second kappa shape index (κ2) is 10.6. The molecule has 0 radical (unpaired) electrons. The quantitative estimate of drug-likeness (QED) is 0.474. The van der Waals surface area contributed by atoms with Gasteiger partial charge in [-0.25, -0.2) is 22.8 Å². The number of aryl methyl sites for hydroxylation is 1. The molecule has 2 amide bonds. The summed E-state index contributed by atoms with van der Waals surface area (Å²) in [6.07, 6.45) is -0.557. The van der Waals surface area contributed by atoms with Crippen LogP contribution in [-0.4, -0.2) is 38.0 Å². The zero-order valence-electron chi connectivity index (χ0n) is 19.1. The number of amides is 2. The molecule has 35 heavy (non-hydrogen) atoms. The minimum atomic E-state index is -3.95. The van der Waals surface area contributed by atoms with Gasteiger partial charge in [0.1, 0.15) is 6.61 Å². The van der Waals surface area contributed by atoms with Gasteiger partial charge in [-0.1, -0.05) is 71.8 Å². The number of nitrogens with zero attached hydrogens (tertiary/aromatic N) is 1. The average molecular weight is 513 g/mol. The van der Waals surface area contributed by atoms with Gasteiger partial charge in [-0.2, -0.15) is 0 Å². The van der Waals surface area contributed by atoms with Gasteiger partial charge in [-0.3, -0.25) is 4.79 Å². The molecule has 1 aliphatic rings. The predicted molar refractivity (Wildman–Crippen MR) is 132 cm³/mol. The van der Waals surface area contributed by atoms with Crippen molar-refractivity contribution in [2.75, 3.05) is 6.61 Å². The highest BCUT2D eigenvalue weighted by atomic mass is 35.5. The van der Waals surface area contributed by atoms with E-state index in [0.717, 1.165) is 16.0 Å². The number of rotatable bonds is 8. The Labute approximate surface area is 209 Å². The molecule has 1 N–H and O–H groups in total. The van der Waals surface area contributed by atoms with Crippen molar-refractivity contribution >= 4 is 33.6 Å². The first-order chi connectivity index (χ1) is 16.7. The molecule has 0 saturated carbocycles. The first kappa shape index (κ1) is 24.9. The van der Waals surface area contributed by atoms with Gasteiger partial charge in [0.2, 0.25) is 15.9 Å². The molecule has 1 saturated heterocycles. The standard InChI is InChI=1S/C26H25ClN2O5S/c1-18-7-13-23(14-8-18)35(32,33)28-24(20-9-11-21(27)12-10-20)16-25(30)29-22(17-34-26(29)31)15-19-5-3-2-4-6-19/h2-14,22,24,28H,15-17H2,1H3/t22-,24-/m0/s1. The first-order valence-corrected chi connectivity index (χ1v) is 13.0. The third kappa shape index (κ3) is 6.08. The maximum Gasteiger partial charge on any atom is 0.416 e. The maximum atomic E-state index is 13.3. The third-order valence-corrected chi connectivity index (χ3v) is 7.56. The second-order valence-electron chi connectivity index (χ2n) is 8.43. The molecule has 0 bridgehead atoms. The van der Waals surface area contributed by atoms with Crippen LogP contribution in [0.4, 0.5) is 4.79 Å². The molecule has 1 heterocycles. The van der Waals surface area contributed by atoms with Crippen molar-refractivity contribution < 1.29 is 22.7 Å². The highest BCUT2D eigenvalue weighted by Gasteiger charge is 2.39. The molecule has 3 aromatic carbocycles. The molecule has 7 nitrogen and oxygen atoms in total. The normalized spacial score (nSPS) is 16.7. The molecule has 0 aromatic heterocycles. The van der Waals surface area contributed by atoms with E-state index in [2.05, 4.69) is 4.72 Å². The molecule has 3 aromatic rings. The Morgan fingerprint density at radius 3 is 2.37 bits per heavy atom. The van der Waals surface area contributed by atoms with Crippen molar-refractivity contribution in [3.8, 4) is 0 Å². The van der Waals surface area contributed by atoms with Crippen LogP contribution in [0.15, 0.2) is 83.8 Å². The number of hydrogen-bond acceptors (Lipinski definition) is 5. The molecule has 1 fully saturated rings. The van der Waals surface area contributed by atoms with Gasteiger partial charge in [-0.05, 0) is 48.7 Å². The lowest BCUT2D eigenvalue weighted by Gasteiger charge is -2.24. The third-order valence-electron chi connectivity index (χ3n) is 5.82. The van der Waals surface area contributed by atoms with E-state index in [1.54, 1.807) is 36.4 Å². The summed E-state index contributed by atoms with van der Waals surface area (Å²) in [6.45, 7) is 1.94. The number of benzene rings is 3. The van der Waals surface area contributed by atoms with Crippen molar-refractivity contribution in [3.63, 3.8) is 0 Å². The van der Waals surface area contributed by atoms with Gasteiger partial charge >= 0.3 is 6.09 Å². The smallest absolute Gasteiger partial charge is 0.416 e. The van der Waals surface area contributed by atoms with Crippen LogP contribution in [0.25, 0.3) is 0 Å². The summed E-state index contributed by atoms with van der Waals surface area (Å²) in [6, 6.07) is 21.1. The lowest BCUT2D eigenvalue weighted by atomic mass is 10.0. The van der Waals surface area contributed by atoms with Gasteiger partial charge in [0.15, 0.2) is 0 Å². The van der Waals surface area contributed by atoms with Gasteiger partial charge in [0, 0.05) is 11.4 Å². The molecule has 182 valence electrons. The fourth-order valence-electron chi connectivity index (χ4n) is 3.97. The highest BCUT2D eigenvalue weighted by molar-refractivity contribution is 7.89. The predicted octanol–water partition coefficient (Wildman–Crippen LogP) is 4.65. The molecule has 0 unspecified atom stereocenters. The first-order valence-electron chi connectivity index (χ1n) is 11.1. The number of cyclic esters (lactones) is 1. The zero-order valence-corrected chi connectivity index (χ0v) is 20.6. The number of ether oxygens (including phenoxy) is 1. The number of nitrogens with one attached hydrogen (secondary N) is 1. The number of sulfonamides is 1. The van der Waals surface area contributed by atoms with E-state index in [0.29, 0.717) is 17.0 Å². The summed E-state index contributed by atoms with van der Waals surface area (Å²) >= 11 is 6.01. The molecule has 0 spiro atoms. The largest absolute Gasteiger partial charge is 0.447 e. The second-order valence-corrected chi connectivity index (χ2v) is 10.6. The summed E-state index contributed by atoms with van der Waals surface area (Å²) in [5.41, 5.74) is 2.43. The van der Waals surface area contributed by atoms with Gasteiger partial charge in [-0.15, -0.1) is 0 Å².